The molecular weight excluding hydrogens is 256 g/mol. The molecule has 0 saturated heterocycles. The fraction of sp³-hybridized carbons (Fsp3) is 0.308. The van der Waals surface area contributed by atoms with Gasteiger partial charge in [-0.2, -0.15) is 0 Å². The van der Waals surface area contributed by atoms with Crippen molar-refractivity contribution in [1.82, 2.24) is 14.5 Å². The van der Waals surface area contributed by atoms with E-state index in [0.29, 0.717) is 12.1 Å². The molecule has 0 radical (unpaired) electrons. The molecule has 0 aliphatic rings. The second-order valence-electron chi connectivity index (χ2n) is 4.65. The largest absolute Gasteiger partial charge is 0.409 e. The minimum atomic E-state index is 0.0714. The Balaban J connectivity index is 2.28. The number of rotatable bonds is 4. The monoisotopic (exact) mass is 274 g/mol. The van der Waals surface area contributed by atoms with E-state index in [0.717, 1.165) is 17.3 Å². The third-order valence-corrected chi connectivity index (χ3v) is 3.03. The molecule has 0 amide bonds. The van der Waals surface area contributed by atoms with Gasteiger partial charge < -0.3 is 20.4 Å². The summed E-state index contributed by atoms with van der Waals surface area (Å²) in [7, 11) is 3.87. The minimum Gasteiger partial charge on any atom is -0.409 e. The van der Waals surface area contributed by atoms with Crippen molar-refractivity contribution in [3.63, 3.8) is 0 Å². The zero-order valence-corrected chi connectivity index (χ0v) is 11.8. The quantitative estimate of drug-likeness (QED) is 0.373. The van der Waals surface area contributed by atoms with Crippen LogP contribution in [0.2, 0.25) is 0 Å². The Labute approximate surface area is 117 Å². The smallest absolute Gasteiger partial charge is 0.170 e. The molecule has 0 aliphatic heterocycles. The van der Waals surface area contributed by atoms with Gasteiger partial charge in [0, 0.05) is 37.7 Å². The van der Waals surface area contributed by atoms with E-state index in [1.54, 1.807) is 18.3 Å². The standard InChI is InChI=1S/C13H18N6O/c1-9-6-10(13(14)17-20)7-11(16-9)19(3)8-12-15-4-5-18(12)2/h4-7,20H,8H2,1-3H3,(H2,14,17). The van der Waals surface area contributed by atoms with Crippen molar-refractivity contribution in [2.24, 2.45) is 17.9 Å². The number of hydrogen-bond donors (Lipinski definition) is 2. The molecule has 20 heavy (non-hydrogen) atoms. The molecule has 0 bridgehead atoms. The third kappa shape index (κ3) is 2.87. The molecule has 7 heteroatoms. The number of amidine groups is 1. The molecule has 2 aromatic heterocycles. The SMILES string of the molecule is Cc1cc(/C(N)=N/O)cc(N(C)Cc2nccn2C)n1. The molecule has 0 atom stereocenters. The van der Waals surface area contributed by atoms with Crippen LogP contribution < -0.4 is 10.6 Å². The Morgan fingerprint density at radius 2 is 2.25 bits per heavy atom. The van der Waals surface area contributed by atoms with Gasteiger partial charge in [0.1, 0.15) is 11.6 Å². The molecule has 0 saturated carbocycles. The zero-order chi connectivity index (χ0) is 14.7. The van der Waals surface area contributed by atoms with Gasteiger partial charge in [-0.1, -0.05) is 5.16 Å². The molecule has 0 aromatic carbocycles. The zero-order valence-electron chi connectivity index (χ0n) is 11.8. The molecule has 2 aromatic rings. The summed E-state index contributed by atoms with van der Waals surface area (Å²) in [6.07, 6.45) is 3.66. The van der Waals surface area contributed by atoms with E-state index in [2.05, 4.69) is 15.1 Å². The van der Waals surface area contributed by atoms with Crippen LogP contribution >= 0.6 is 0 Å². The maximum Gasteiger partial charge on any atom is 0.170 e. The lowest BCUT2D eigenvalue weighted by Gasteiger charge is -2.19. The number of imidazole rings is 1. The Kier molecular flexibility index (Phi) is 3.88. The number of oxime groups is 1. The number of pyridine rings is 1. The van der Waals surface area contributed by atoms with Crippen LogP contribution in [0.5, 0.6) is 0 Å². The number of aryl methyl sites for hydroxylation is 2. The van der Waals surface area contributed by atoms with E-state index in [-0.39, 0.29) is 5.84 Å². The van der Waals surface area contributed by atoms with Crippen molar-refractivity contribution in [2.45, 2.75) is 13.5 Å². The van der Waals surface area contributed by atoms with Crippen molar-refractivity contribution in [2.75, 3.05) is 11.9 Å². The van der Waals surface area contributed by atoms with Crippen LogP contribution in [0.3, 0.4) is 0 Å². The van der Waals surface area contributed by atoms with Gasteiger partial charge in [-0.3, -0.25) is 0 Å². The summed E-state index contributed by atoms with van der Waals surface area (Å²) in [5, 5.41) is 11.8. The lowest BCUT2D eigenvalue weighted by atomic mass is 10.2. The summed E-state index contributed by atoms with van der Waals surface area (Å²) in [6, 6.07) is 3.55. The first-order valence-electron chi connectivity index (χ1n) is 6.15. The second kappa shape index (κ2) is 5.60. The molecule has 2 rings (SSSR count). The van der Waals surface area contributed by atoms with Crippen LogP contribution in [0.25, 0.3) is 0 Å². The number of hydrogen-bond acceptors (Lipinski definition) is 5. The highest BCUT2D eigenvalue weighted by Crippen LogP contribution is 2.15. The topological polar surface area (TPSA) is 92.6 Å². The Hall–Kier alpha value is -2.57. The molecule has 0 unspecified atom stereocenters. The van der Waals surface area contributed by atoms with E-state index in [9.17, 15) is 0 Å². The number of anilines is 1. The van der Waals surface area contributed by atoms with E-state index in [4.69, 9.17) is 10.9 Å². The van der Waals surface area contributed by atoms with Gasteiger partial charge in [0.25, 0.3) is 0 Å². The first-order chi connectivity index (χ1) is 9.51. The summed E-state index contributed by atoms with van der Waals surface area (Å²) < 4.78 is 1.96. The third-order valence-electron chi connectivity index (χ3n) is 3.03. The molecule has 7 nitrogen and oxygen atoms in total. The average molecular weight is 274 g/mol. The van der Waals surface area contributed by atoms with Gasteiger partial charge in [-0.25, -0.2) is 9.97 Å². The fourth-order valence-electron chi connectivity index (χ4n) is 1.89. The van der Waals surface area contributed by atoms with Crippen LogP contribution in [-0.2, 0) is 13.6 Å². The number of nitrogens with zero attached hydrogens (tertiary/aromatic N) is 5. The molecule has 0 spiro atoms. The van der Waals surface area contributed by atoms with E-state index >= 15 is 0 Å². The van der Waals surface area contributed by atoms with Crippen LogP contribution in [0, 0.1) is 6.92 Å². The van der Waals surface area contributed by atoms with Crippen LogP contribution in [-0.4, -0.2) is 32.6 Å². The van der Waals surface area contributed by atoms with Crippen molar-refractivity contribution in [3.05, 3.63) is 41.6 Å². The van der Waals surface area contributed by atoms with Gasteiger partial charge in [-0.05, 0) is 19.1 Å². The van der Waals surface area contributed by atoms with Crippen molar-refractivity contribution >= 4 is 11.7 Å². The molecule has 3 N–H and O–H groups in total. The summed E-state index contributed by atoms with van der Waals surface area (Å²) in [4.78, 5) is 10.7. The van der Waals surface area contributed by atoms with Gasteiger partial charge >= 0.3 is 0 Å². The molecular formula is C13H18N6O. The summed E-state index contributed by atoms with van der Waals surface area (Å²) in [5.41, 5.74) is 7.07. The van der Waals surface area contributed by atoms with Crippen molar-refractivity contribution < 1.29 is 5.21 Å². The summed E-state index contributed by atoms with van der Waals surface area (Å²) in [6.45, 7) is 2.49. The minimum absolute atomic E-state index is 0.0714. The van der Waals surface area contributed by atoms with Crippen LogP contribution in [0.1, 0.15) is 17.1 Å². The maximum atomic E-state index is 8.77. The number of aromatic nitrogens is 3. The Morgan fingerprint density at radius 3 is 2.85 bits per heavy atom. The van der Waals surface area contributed by atoms with Crippen molar-refractivity contribution in [1.29, 1.82) is 0 Å². The lowest BCUT2D eigenvalue weighted by Crippen LogP contribution is -2.22. The highest BCUT2D eigenvalue weighted by molar-refractivity contribution is 5.97. The highest BCUT2D eigenvalue weighted by Gasteiger charge is 2.10. The predicted octanol–water partition coefficient (Wildman–Crippen LogP) is 0.854. The fourth-order valence-corrected chi connectivity index (χ4v) is 1.89. The van der Waals surface area contributed by atoms with Gasteiger partial charge in [0.05, 0.1) is 6.54 Å². The highest BCUT2D eigenvalue weighted by atomic mass is 16.4. The summed E-state index contributed by atoms with van der Waals surface area (Å²) in [5.74, 6) is 1.75. The normalized spacial score (nSPS) is 11.7. The molecule has 0 aliphatic carbocycles. The first kappa shape index (κ1) is 13.9. The van der Waals surface area contributed by atoms with Gasteiger partial charge in [-0.15, -0.1) is 0 Å². The van der Waals surface area contributed by atoms with E-state index < -0.39 is 0 Å². The predicted molar refractivity (Wildman–Crippen MR) is 76.8 cm³/mol. The number of nitrogens with two attached hydrogens (primary N) is 1. The molecule has 0 fully saturated rings. The van der Waals surface area contributed by atoms with Gasteiger partial charge in [0.15, 0.2) is 5.84 Å². The first-order valence-corrected chi connectivity index (χ1v) is 6.15. The maximum absolute atomic E-state index is 8.77. The van der Waals surface area contributed by atoms with E-state index in [1.807, 2.05) is 36.7 Å². The van der Waals surface area contributed by atoms with Crippen LogP contribution in [0.4, 0.5) is 5.82 Å². The lowest BCUT2D eigenvalue weighted by molar-refractivity contribution is 0.318. The van der Waals surface area contributed by atoms with Crippen molar-refractivity contribution in [3.8, 4) is 0 Å². The Morgan fingerprint density at radius 1 is 1.50 bits per heavy atom. The Bertz CT molecular complexity index is 634. The average Bonchev–Trinajstić information content (AvgIpc) is 2.82. The van der Waals surface area contributed by atoms with Crippen LogP contribution in [0.15, 0.2) is 29.7 Å². The molecule has 106 valence electrons. The van der Waals surface area contributed by atoms with E-state index in [1.165, 1.54) is 0 Å². The summed E-state index contributed by atoms with van der Waals surface area (Å²) >= 11 is 0. The second-order valence-corrected chi connectivity index (χ2v) is 4.65. The van der Waals surface area contributed by atoms with Gasteiger partial charge in [0.2, 0.25) is 0 Å². The molecule has 2 heterocycles.